The summed E-state index contributed by atoms with van der Waals surface area (Å²) in [6.07, 6.45) is 1.97. The van der Waals surface area contributed by atoms with Crippen LogP contribution in [0.25, 0.3) is 10.1 Å². The lowest BCUT2D eigenvalue weighted by Crippen LogP contribution is -2.32. The lowest BCUT2D eigenvalue weighted by atomic mass is 10.1. The Morgan fingerprint density at radius 3 is 2.68 bits per heavy atom. The quantitative estimate of drug-likeness (QED) is 0.561. The van der Waals surface area contributed by atoms with Gasteiger partial charge in [0.2, 0.25) is 0 Å². The number of halogens is 1. The molecule has 1 fully saturated rings. The molecule has 3 aromatic rings. The highest BCUT2D eigenvalue weighted by atomic mass is 32.1. The first kappa shape index (κ1) is 18.9. The number of nitrogens with zero attached hydrogens (tertiary/aromatic N) is 1. The molecular formula is C22H22FNO3S. The summed E-state index contributed by atoms with van der Waals surface area (Å²) in [5, 5.41) is 0.491. The Morgan fingerprint density at radius 1 is 1.18 bits per heavy atom. The van der Waals surface area contributed by atoms with Crippen molar-refractivity contribution in [1.82, 2.24) is 4.90 Å². The van der Waals surface area contributed by atoms with Gasteiger partial charge in [0.25, 0.3) is 5.91 Å². The molecule has 4 rings (SSSR count). The largest absolute Gasteiger partial charge is 0.496 e. The smallest absolute Gasteiger partial charge is 0.264 e. The number of fused-ring (bicyclic) bond motifs is 1. The second kappa shape index (κ2) is 7.89. The Balaban J connectivity index is 1.74. The van der Waals surface area contributed by atoms with Crippen molar-refractivity contribution >= 4 is 27.3 Å². The van der Waals surface area contributed by atoms with Gasteiger partial charge in [0.1, 0.15) is 11.6 Å². The number of hydrogen-bond donors (Lipinski definition) is 0. The number of para-hydroxylation sites is 1. The molecular weight excluding hydrogens is 377 g/mol. The highest BCUT2D eigenvalue weighted by Gasteiger charge is 2.35. The van der Waals surface area contributed by atoms with Gasteiger partial charge in [-0.1, -0.05) is 24.3 Å². The van der Waals surface area contributed by atoms with Gasteiger partial charge in [0.15, 0.2) is 0 Å². The van der Waals surface area contributed by atoms with Gasteiger partial charge in [-0.3, -0.25) is 4.79 Å². The molecule has 146 valence electrons. The van der Waals surface area contributed by atoms with E-state index < -0.39 is 0 Å². The van der Waals surface area contributed by atoms with Gasteiger partial charge >= 0.3 is 0 Å². The average molecular weight is 399 g/mol. The van der Waals surface area contributed by atoms with Gasteiger partial charge in [0.05, 0.1) is 18.6 Å². The third kappa shape index (κ3) is 3.50. The van der Waals surface area contributed by atoms with Crippen LogP contribution in [0.5, 0.6) is 5.75 Å². The lowest BCUT2D eigenvalue weighted by Gasteiger charge is -2.23. The van der Waals surface area contributed by atoms with Crippen LogP contribution in [0.2, 0.25) is 0 Å². The number of carbonyl (C=O) groups excluding carboxylic acids is 1. The van der Waals surface area contributed by atoms with Gasteiger partial charge in [-0.05, 0) is 31.0 Å². The fourth-order valence-electron chi connectivity index (χ4n) is 3.52. The first-order chi connectivity index (χ1) is 13.6. The summed E-state index contributed by atoms with van der Waals surface area (Å²) in [7, 11) is 3.19. The van der Waals surface area contributed by atoms with E-state index in [-0.39, 0.29) is 24.4 Å². The molecule has 6 heteroatoms. The zero-order valence-electron chi connectivity index (χ0n) is 15.9. The molecule has 0 aliphatic heterocycles. The van der Waals surface area contributed by atoms with E-state index in [0.717, 1.165) is 28.9 Å². The maximum atomic E-state index is 14.5. The van der Waals surface area contributed by atoms with Crippen LogP contribution < -0.4 is 4.74 Å². The van der Waals surface area contributed by atoms with Gasteiger partial charge in [-0.15, -0.1) is 11.3 Å². The zero-order valence-corrected chi connectivity index (χ0v) is 16.7. The van der Waals surface area contributed by atoms with Crippen LogP contribution in [0.3, 0.4) is 0 Å². The molecule has 4 nitrogen and oxygen atoms in total. The summed E-state index contributed by atoms with van der Waals surface area (Å²) >= 11 is 1.34. The van der Waals surface area contributed by atoms with Crippen LogP contribution in [-0.4, -0.2) is 31.1 Å². The van der Waals surface area contributed by atoms with Crippen molar-refractivity contribution in [2.45, 2.75) is 32.0 Å². The predicted molar refractivity (Wildman–Crippen MR) is 108 cm³/mol. The number of carbonyl (C=O) groups is 1. The summed E-state index contributed by atoms with van der Waals surface area (Å²) in [5.41, 5.74) is 1.60. The van der Waals surface area contributed by atoms with Crippen LogP contribution in [-0.2, 0) is 17.9 Å². The number of benzene rings is 2. The van der Waals surface area contributed by atoms with Crippen LogP contribution in [0.4, 0.5) is 4.39 Å². The highest BCUT2D eigenvalue weighted by Crippen LogP contribution is 2.38. The molecule has 0 bridgehead atoms. The molecule has 0 saturated heterocycles. The second-order valence-corrected chi connectivity index (χ2v) is 7.98. The van der Waals surface area contributed by atoms with Crippen LogP contribution in [0.15, 0.2) is 42.5 Å². The van der Waals surface area contributed by atoms with E-state index in [0.29, 0.717) is 22.4 Å². The maximum Gasteiger partial charge on any atom is 0.264 e. The third-order valence-electron chi connectivity index (χ3n) is 5.03. The van der Waals surface area contributed by atoms with E-state index in [2.05, 4.69) is 0 Å². The van der Waals surface area contributed by atoms with Crippen molar-refractivity contribution in [1.29, 1.82) is 0 Å². The first-order valence-corrected chi connectivity index (χ1v) is 10.1. The number of amides is 1. The number of rotatable bonds is 7. The van der Waals surface area contributed by atoms with Crippen LogP contribution in [0, 0.1) is 5.82 Å². The molecule has 28 heavy (non-hydrogen) atoms. The fourth-order valence-corrected chi connectivity index (χ4v) is 4.70. The molecule has 1 heterocycles. The Kier molecular flexibility index (Phi) is 5.33. The molecule has 0 spiro atoms. The molecule has 1 aromatic heterocycles. The summed E-state index contributed by atoms with van der Waals surface area (Å²) in [6, 6.07) is 12.9. The fraction of sp³-hybridized carbons (Fsp3) is 0.318. The molecule has 0 unspecified atom stereocenters. The second-order valence-electron chi connectivity index (χ2n) is 6.93. The van der Waals surface area contributed by atoms with Gasteiger partial charge in [-0.2, -0.15) is 0 Å². The van der Waals surface area contributed by atoms with E-state index in [4.69, 9.17) is 9.47 Å². The predicted octanol–water partition coefficient (Wildman–Crippen LogP) is 5.00. The van der Waals surface area contributed by atoms with Crippen molar-refractivity contribution in [2.75, 3.05) is 14.2 Å². The summed E-state index contributed by atoms with van der Waals surface area (Å²) in [5.74, 6) is 0.379. The van der Waals surface area contributed by atoms with Crippen molar-refractivity contribution in [3.63, 3.8) is 0 Å². The molecule has 1 amide bonds. The number of methoxy groups -OCH3 is 2. The normalized spacial score (nSPS) is 13.7. The monoisotopic (exact) mass is 399 g/mol. The highest BCUT2D eigenvalue weighted by molar-refractivity contribution is 7.21. The molecule has 0 radical (unpaired) electrons. The summed E-state index contributed by atoms with van der Waals surface area (Å²) in [6.45, 7) is 0.672. The molecule has 1 aliphatic rings. The lowest BCUT2D eigenvalue weighted by molar-refractivity contribution is 0.0729. The van der Waals surface area contributed by atoms with E-state index in [1.54, 1.807) is 20.3 Å². The van der Waals surface area contributed by atoms with Crippen molar-refractivity contribution in [3.8, 4) is 5.75 Å². The number of thiophene rings is 1. The Morgan fingerprint density at radius 2 is 1.96 bits per heavy atom. The van der Waals surface area contributed by atoms with Crippen molar-refractivity contribution in [3.05, 3.63) is 64.3 Å². The first-order valence-electron chi connectivity index (χ1n) is 9.25. The zero-order chi connectivity index (χ0) is 19.7. The van der Waals surface area contributed by atoms with E-state index in [1.165, 1.54) is 17.4 Å². The number of hydrogen-bond acceptors (Lipinski definition) is 4. The molecule has 2 aromatic carbocycles. The topological polar surface area (TPSA) is 38.8 Å². The molecule has 0 atom stereocenters. The minimum absolute atomic E-state index is 0.0685. The van der Waals surface area contributed by atoms with Crippen molar-refractivity contribution < 1.29 is 18.7 Å². The van der Waals surface area contributed by atoms with E-state index >= 15 is 0 Å². The molecule has 0 N–H and O–H groups in total. The summed E-state index contributed by atoms with van der Waals surface area (Å²) in [4.78, 5) is 16.0. The standard InChI is InChI=1S/C22H22FNO3S/c1-26-13-16-20-17(23)7-5-9-19(20)28-21(16)22(25)24(15-10-11-15)12-14-6-3-4-8-18(14)27-2/h3-9,15H,10-13H2,1-2H3. The van der Waals surface area contributed by atoms with Gasteiger partial charge in [0, 0.05) is 40.9 Å². The summed E-state index contributed by atoms with van der Waals surface area (Å²) < 4.78 is 26.0. The van der Waals surface area contributed by atoms with Gasteiger partial charge in [-0.25, -0.2) is 4.39 Å². The average Bonchev–Trinajstić information content (AvgIpc) is 3.48. The minimum atomic E-state index is -0.317. The van der Waals surface area contributed by atoms with E-state index in [1.807, 2.05) is 35.2 Å². The number of ether oxygens (including phenoxy) is 2. The minimum Gasteiger partial charge on any atom is -0.496 e. The van der Waals surface area contributed by atoms with Crippen LogP contribution in [0.1, 0.15) is 33.6 Å². The van der Waals surface area contributed by atoms with Gasteiger partial charge < -0.3 is 14.4 Å². The Hall–Kier alpha value is -2.44. The third-order valence-corrected chi connectivity index (χ3v) is 6.21. The Bertz CT molecular complexity index is 1010. The maximum absolute atomic E-state index is 14.5. The Labute approximate surface area is 167 Å². The van der Waals surface area contributed by atoms with Crippen molar-refractivity contribution in [2.24, 2.45) is 0 Å². The van der Waals surface area contributed by atoms with Crippen LogP contribution >= 0.6 is 11.3 Å². The molecule has 1 aliphatic carbocycles. The SMILES string of the molecule is COCc1c(C(=O)N(Cc2ccccc2OC)C2CC2)sc2cccc(F)c12. The molecule has 1 saturated carbocycles. The van der Waals surface area contributed by atoms with E-state index in [9.17, 15) is 9.18 Å².